The van der Waals surface area contributed by atoms with E-state index in [0.29, 0.717) is 12.8 Å². The summed E-state index contributed by atoms with van der Waals surface area (Å²) in [4.78, 5) is 10.7. The molecule has 2 N–H and O–H groups in total. The van der Waals surface area contributed by atoms with Gasteiger partial charge < -0.3 is 19.9 Å². The van der Waals surface area contributed by atoms with E-state index < -0.39 is 18.4 Å². The van der Waals surface area contributed by atoms with Crippen LogP contribution in [-0.4, -0.2) is 36.2 Å². The largest absolute Gasteiger partial charge is 0.573 e. The number of alkyl halides is 3. The lowest BCUT2D eigenvalue weighted by molar-refractivity contribution is -0.274. The summed E-state index contributed by atoms with van der Waals surface area (Å²) < 4.78 is 46.0. The van der Waals surface area contributed by atoms with Crippen molar-refractivity contribution in [3.63, 3.8) is 0 Å². The summed E-state index contributed by atoms with van der Waals surface area (Å²) in [7, 11) is 0. The lowest BCUT2D eigenvalue weighted by Crippen LogP contribution is -2.25. The van der Waals surface area contributed by atoms with Crippen molar-refractivity contribution in [1.82, 2.24) is 0 Å². The van der Waals surface area contributed by atoms with Crippen LogP contribution in [0.2, 0.25) is 0 Å². The minimum Gasteiger partial charge on any atom is -0.479 e. The zero-order valence-electron chi connectivity index (χ0n) is 10.9. The predicted octanol–water partition coefficient (Wildman–Crippen LogP) is 2.63. The Hall–Kier alpha value is -1.96. The third kappa shape index (κ3) is 4.52. The molecule has 1 fully saturated rings. The molecule has 1 aromatic carbocycles. The number of carboxylic acids is 1. The fourth-order valence-electron chi connectivity index (χ4n) is 2.09. The lowest BCUT2D eigenvalue weighted by Gasteiger charge is -2.17. The van der Waals surface area contributed by atoms with E-state index in [1.807, 2.05) is 0 Å². The molecule has 0 radical (unpaired) electrons. The molecule has 2 rings (SSSR count). The van der Waals surface area contributed by atoms with Crippen molar-refractivity contribution in [2.75, 3.05) is 11.9 Å². The minimum atomic E-state index is -4.77. The Labute approximate surface area is 118 Å². The molecule has 0 amide bonds. The molecule has 0 bridgehead atoms. The van der Waals surface area contributed by atoms with Crippen LogP contribution in [0, 0.1) is 0 Å². The second-order valence-electron chi connectivity index (χ2n) is 4.59. The van der Waals surface area contributed by atoms with Gasteiger partial charge in [-0.25, -0.2) is 4.79 Å². The molecule has 2 unspecified atom stereocenters. The maximum absolute atomic E-state index is 12.3. The third-order valence-corrected chi connectivity index (χ3v) is 3.02. The topological polar surface area (TPSA) is 67.8 Å². The van der Waals surface area contributed by atoms with Crippen molar-refractivity contribution < 1.29 is 32.5 Å². The molecule has 116 valence electrons. The van der Waals surface area contributed by atoms with Gasteiger partial charge in [0, 0.05) is 6.54 Å². The number of carboxylic acid groups (broad SMARTS) is 1. The highest BCUT2D eigenvalue weighted by Crippen LogP contribution is 2.30. The highest BCUT2D eigenvalue weighted by molar-refractivity contribution is 5.72. The highest BCUT2D eigenvalue weighted by atomic mass is 19.4. The molecule has 0 saturated carbocycles. The van der Waals surface area contributed by atoms with Crippen molar-refractivity contribution >= 4 is 11.7 Å². The van der Waals surface area contributed by atoms with E-state index in [9.17, 15) is 18.0 Å². The molecule has 1 aliphatic rings. The molecule has 0 spiro atoms. The Morgan fingerprint density at radius 1 is 1.38 bits per heavy atom. The molecule has 0 aromatic heterocycles. The molecular weight excluding hydrogens is 291 g/mol. The number of benzene rings is 1. The van der Waals surface area contributed by atoms with Gasteiger partial charge in [-0.05, 0) is 25.0 Å². The maximum atomic E-state index is 12.3. The Bertz CT molecular complexity index is 506. The van der Waals surface area contributed by atoms with Gasteiger partial charge >= 0.3 is 12.3 Å². The summed E-state index contributed by atoms with van der Waals surface area (Å²) in [5.41, 5.74) is 0.178. The van der Waals surface area contributed by atoms with Crippen molar-refractivity contribution in [2.24, 2.45) is 0 Å². The summed E-state index contributed by atoms with van der Waals surface area (Å²) in [6.07, 6.45) is -5.05. The van der Waals surface area contributed by atoms with Gasteiger partial charge in [0.15, 0.2) is 11.9 Å². The van der Waals surface area contributed by atoms with E-state index in [4.69, 9.17) is 9.84 Å². The molecular formula is C13H14F3NO4. The average molecular weight is 305 g/mol. The second-order valence-corrected chi connectivity index (χ2v) is 4.59. The van der Waals surface area contributed by atoms with Crippen molar-refractivity contribution in [2.45, 2.75) is 31.4 Å². The number of para-hydroxylation sites is 2. The van der Waals surface area contributed by atoms with Crippen LogP contribution in [0.4, 0.5) is 18.9 Å². The predicted molar refractivity (Wildman–Crippen MR) is 67.1 cm³/mol. The van der Waals surface area contributed by atoms with Crippen LogP contribution in [0.15, 0.2) is 24.3 Å². The first-order valence-electron chi connectivity index (χ1n) is 6.32. The van der Waals surface area contributed by atoms with Crippen LogP contribution in [0.25, 0.3) is 0 Å². The molecule has 21 heavy (non-hydrogen) atoms. The molecule has 2 atom stereocenters. The van der Waals surface area contributed by atoms with Gasteiger partial charge in [0.25, 0.3) is 0 Å². The maximum Gasteiger partial charge on any atom is 0.573 e. The number of rotatable bonds is 5. The molecule has 1 saturated heterocycles. The smallest absolute Gasteiger partial charge is 0.479 e. The van der Waals surface area contributed by atoms with Crippen molar-refractivity contribution in [3.05, 3.63) is 24.3 Å². The SMILES string of the molecule is O=C(O)C1CCC(CNc2ccccc2OC(F)(F)F)O1. The van der Waals surface area contributed by atoms with Crippen LogP contribution in [0.1, 0.15) is 12.8 Å². The first kappa shape index (κ1) is 15.4. The fourth-order valence-corrected chi connectivity index (χ4v) is 2.09. The third-order valence-electron chi connectivity index (χ3n) is 3.02. The van der Waals surface area contributed by atoms with Gasteiger partial charge in [-0.2, -0.15) is 0 Å². The quantitative estimate of drug-likeness (QED) is 0.875. The van der Waals surface area contributed by atoms with E-state index in [2.05, 4.69) is 10.1 Å². The van der Waals surface area contributed by atoms with E-state index in [-0.39, 0.29) is 24.1 Å². The van der Waals surface area contributed by atoms with Crippen LogP contribution >= 0.6 is 0 Å². The number of carbonyl (C=O) groups is 1. The van der Waals surface area contributed by atoms with E-state index in [0.717, 1.165) is 0 Å². The van der Waals surface area contributed by atoms with E-state index >= 15 is 0 Å². The van der Waals surface area contributed by atoms with Gasteiger partial charge in [0.05, 0.1) is 11.8 Å². The number of aliphatic carboxylic acids is 1. The van der Waals surface area contributed by atoms with Gasteiger partial charge in [0.1, 0.15) is 0 Å². The minimum absolute atomic E-state index is 0.178. The molecule has 1 aliphatic heterocycles. The summed E-state index contributed by atoms with van der Waals surface area (Å²) in [5.74, 6) is -1.36. The Kier molecular flexibility index (Phi) is 4.56. The van der Waals surface area contributed by atoms with Crippen LogP contribution < -0.4 is 10.1 Å². The Balaban J connectivity index is 1.93. The second kappa shape index (κ2) is 6.21. The number of hydrogen-bond acceptors (Lipinski definition) is 4. The Morgan fingerprint density at radius 3 is 2.71 bits per heavy atom. The highest BCUT2D eigenvalue weighted by Gasteiger charge is 2.33. The van der Waals surface area contributed by atoms with Gasteiger partial charge in [0.2, 0.25) is 0 Å². The molecule has 5 nitrogen and oxygen atoms in total. The van der Waals surface area contributed by atoms with E-state index in [1.54, 1.807) is 6.07 Å². The fraction of sp³-hybridized carbons (Fsp3) is 0.462. The molecule has 8 heteroatoms. The molecule has 0 aliphatic carbocycles. The van der Waals surface area contributed by atoms with Crippen LogP contribution in [0.3, 0.4) is 0 Å². The Morgan fingerprint density at radius 2 is 2.10 bits per heavy atom. The zero-order valence-corrected chi connectivity index (χ0v) is 10.9. The lowest BCUT2D eigenvalue weighted by atomic mass is 10.2. The van der Waals surface area contributed by atoms with Crippen molar-refractivity contribution in [3.8, 4) is 5.75 Å². The molecule has 1 aromatic rings. The van der Waals surface area contributed by atoms with Gasteiger partial charge in [-0.3, -0.25) is 0 Å². The van der Waals surface area contributed by atoms with Gasteiger partial charge in [-0.15, -0.1) is 13.2 Å². The summed E-state index contributed by atoms with van der Waals surface area (Å²) in [6, 6.07) is 5.65. The van der Waals surface area contributed by atoms with Crippen molar-refractivity contribution in [1.29, 1.82) is 0 Å². The first-order chi connectivity index (χ1) is 9.85. The summed E-state index contributed by atoms with van der Waals surface area (Å²) in [6.45, 7) is 0.210. The number of ether oxygens (including phenoxy) is 2. The zero-order chi connectivity index (χ0) is 15.5. The van der Waals surface area contributed by atoms with E-state index in [1.165, 1.54) is 18.2 Å². The number of anilines is 1. The average Bonchev–Trinajstić information content (AvgIpc) is 2.85. The number of nitrogens with one attached hydrogen (secondary N) is 1. The first-order valence-corrected chi connectivity index (χ1v) is 6.32. The van der Waals surface area contributed by atoms with Gasteiger partial charge in [-0.1, -0.05) is 12.1 Å². The summed E-state index contributed by atoms with van der Waals surface area (Å²) in [5, 5.41) is 11.6. The normalized spacial score (nSPS) is 22.0. The van der Waals surface area contributed by atoms with Crippen LogP contribution in [0.5, 0.6) is 5.75 Å². The molecule has 1 heterocycles. The van der Waals surface area contributed by atoms with Crippen LogP contribution in [-0.2, 0) is 9.53 Å². The monoisotopic (exact) mass is 305 g/mol. The summed E-state index contributed by atoms with van der Waals surface area (Å²) >= 11 is 0. The standard InChI is InChI=1S/C13H14F3NO4/c14-13(15,16)21-10-4-2-1-3-9(10)17-7-8-5-6-11(20-8)12(18)19/h1-4,8,11,17H,5-7H2,(H,18,19). The number of halogens is 3. The number of hydrogen-bond donors (Lipinski definition) is 2.